The van der Waals surface area contributed by atoms with Crippen LogP contribution in [0.3, 0.4) is 0 Å². The van der Waals surface area contributed by atoms with E-state index in [1.807, 2.05) is 60.7 Å². The fourth-order valence-corrected chi connectivity index (χ4v) is 2.87. The minimum Gasteiger partial charge on any atom is -0.451 e. The molecule has 1 atom stereocenters. The van der Waals surface area contributed by atoms with Crippen molar-refractivity contribution in [2.45, 2.75) is 26.3 Å². The van der Waals surface area contributed by atoms with E-state index in [0.717, 1.165) is 11.1 Å². The molecule has 0 spiro atoms. The lowest BCUT2D eigenvalue weighted by Crippen LogP contribution is -2.43. The summed E-state index contributed by atoms with van der Waals surface area (Å²) in [6.07, 6.45) is 0.360. The average Bonchev–Trinajstić information content (AvgIpc) is 3.14. The van der Waals surface area contributed by atoms with Crippen molar-refractivity contribution >= 4 is 17.7 Å². The van der Waals surface area contributed by atoms with E-state index >= 15 is 0 Å². The van der Waals surface area contributed by atoms with Gasteiger partial charge in [0.25, 0.3) is 5.91 Å². The summed E-state index contributed by atoms with van der Waals surface area (Å²) in [5.41, 5.74) is 1.65. The van der Waals surface area contributed by atoms with Crippen LogP contribution in [0.2, 0.25) is 0 Å². The number of hydrogen-bond acceptors (Lipinski definition) is 6. The van der Waals surface area contributed by atoms with Crippen LogP contribution in [0.1, 0.15) is 28.7 Å². The molecule has 7 heteroatoms. The number of ketones is 1. The molecule has 1 amide bonds. The van der Waals surface area contributed by atoms with E-state index in [1.54, 1.807) is 6.92 Å². The van der Waals surface area contributed by atoms with Crippen LogP contribution in [-0.2, 0) is 20.7 Å². The molecule has 0 aliphatic carbocycles. The Balaban J connectivity index is 1.58. The summed E-state index contributed by atoms with van der Waals surface area (Å²) < 4.78 is 10.6. The molecular weight excluding hydrogens is 384 g/mol. The first kappa shape index (κ1) is 21.0. The van der Waals surface area contributed by atoms with Crippen molar-refractivity contribution in [3.05, 3.63) is 77.7 Å². The molecule has 1 N–H and O–H groups in total. The van der Waals surface area contributed by atoms with Gasteiger partial charge in [0.15, 0.2) is 18.1 Å². The van der Waals surface area contributed by atoms with E-state index < -0.39 is 24.5 Å². The van der Waals surface area contributed by atoms with Gasteiger partial charge in [0, 0.05) is 5.56 Å². The first-order valence-electron chi connectivity index (χ1n) is 9.47. The van der Waals surface area contributed by atoms with Crippen molar-refractivity contribution in [3.63, 3.8) is 0 Å². The Morgan fingerprint density at radius 3 is 2.30 bits per heavy atom. The van der Waals surface area contributed by atoms with Crippen molar-refractivity contribution in [1.82, 2.24) is 10.3 Å². The number of oxazole rings is 1. The van der Waals surface area contributed by atoms with Gasteiger partial charge in [-0.3, -0.25) is 9.59 Å². The Morgan fingerprint density at radius 1 is 1.03 bits per heavy atom. The number of nitrogens with zero attached hydrogens (tertiary/aromatic N) is 1. The van der Waals surface area contributed by atoms with Gasteiger partial charge in [0.2, 0.25) is 5.89 Å². The summed E-state index contributed by atoms with van der Waals surface area (Å²) in [6.45, 7) is 2.48. The molecule has 0 fully saturated rings. The molecule has 2 aromatic carbocycles. The molecule has 0 aliphatic heterocycles. The first-order valence-corrected chi connectivity index (χ1v) is 9.47. The zero-order valence-corrected chi connectivity index (χ0v) is 16.8. The highest BCUT2D eigenvalue weighted by Crippen LogP contribution is 2.21. The van der Waals surface area contributed by atoms with E-state index in [9.17, 15) is 14.4 Å². The maximum atomic E-state index is 12.3. The summed E-state index contributed by atoms with van der Waals surface area (Å²) in [5, 5.41) is 2.61. The zero-order valence-electron chi connectivity index (χ0n) is 16.8. The largest absolute Gasteiger partial charge is 0.451 e. The number of Topliss-reactive ketones (excluding diaryl/α,β-unsaturated/α-hetero) is 1. The standard InChI is InChI=1S/C23H22N2O5/c1-15(26)19(13-17-9-5-3-6-10-17)24-20(27)14-29-23(28)21-16(2)30-22(25-21)18-11-7-4-8-12-18/h3-12,19H,13-14H2,1-2H3,(H,24,27)/t19-/m1/s1. The van der Waals surface area contributed by atoms with Crippen LogP contribution in [-0.4, -0.2) is 35.3 Å². The van der Waals surface area contributed by atoms with Gasteiger partial charge in [0.05, 0.1) is 6.04 Å². The van der Waals surface area contributed by atoms with Crippen molar-refractivity contribution in [2.24, 2.45) is 0 Å². The van der Waals surface area contributed by atoms with E-state index in [2.05, 4.69) is 10.3 Å². The van der Waals surface area contributed by atoms with E-state index in [0.29, 0.717) is 18.1 Å². The maximum absolute atomic E-state index is 12.3. The second kappa shape index (κ2) is 9.65. The van der Waals surface area contributed by atoms with E-state index in [-0.39, 0.29) is 11.5 Å². The molecular formula is C23H22N2O5. The predicted molar refractivity (Wildman–Crippen MR) is 110 cm³/mol. The minimum absolute atomic E-state index is 0.00839. The summed E-state index contributed by atoms with van der Waals surface area (Å²) in [7, 11) is 0. The lowest BCUT2D eigenvalue weighted by Gasteiger charge is -2.16. The molecule has 0 bridgehead atoms. The summed E-state index contributed by atoms with van der Waals surface area (Å²) in [6, 6.07) is 17.8. The van der Waals surface area contributed by atoms with Crippen molar-refractivity contribution < 1.29 is 23.5 Å². The van der Waals surface area contributed by atoms with Crippen LogP contribution < -0.4 is 5.32 Å². The molecule has 3 aromatic rings. The Kier molecular flexibility index (Phi) is 6.75. The first-order chi connectivity index (χ1) is 14.4. The third-order valence-electron chi connectivity index (χ3n) is 4.45. The Labute approximate surface area is 174 Å². The zero-order chi connectivity index (χ0) is 21.5. The molecule has 0 aliphatic rings. The smallest absolute Gasteiger partial charge is 0.361 e. The summed E-state index contributed by atoms with van der Waals surface area (Å²) in [5.74, 6) is -0.924. The molecule has 30 heavy (non-hydrogen) atoms. The number of rotatable bonds is 8. The van der Waals surface area contributed by atoms with Crippen LogP contribution in [0.15, 0.2) is 65.1 Å². The molecule has 0 radical (unpaired) electrons. The lowest BCUT2D eigenvalue weighted by atomic mass is 10.0. The minimum atomic E-state index is -0.768. The highest BCUT2D eigenvalue weighted by Gasteiger charge is 2.22. The van der Waals surface area contributed by atoms with Crippen LogP contribution >= 0.6 is 0 Å². The molecule has 3 rings (SSSR count). The Morgan fingerprint density at radius 2 is 1.67 bits per heavy atom. The number of esters is 1. The predicted octanol–water partition coefficient (Wildman–Crippen LogP) is 3.12. The van der Waals surface area contributed by atoms with Gasteiger partial charge in [-0.15, -0.1) is 0 Å². The number of carbonyl (C=O) groups is 3. The normalized spacial score (nSPS) is 11.5. The molecule has 0 saturated carbocycles. The second-order valence-corrected chi connectivity index (χ2v) is 6.79. The van der Waals surface area contributed by atoms with E-state index in [4.69, 9.17) is 9.15 Å². The van der Waals surface area contributed by atoms with Gasteiger partial charge in [-0.2, -0.15) is 0 Å². The van der Waals surface area contributed by atoms with Gasteiger partial charge in [-0.1, -0.05) is 48.5 Å². The fourth-order valence-electron chi connectivity index (χ4n) is 2.87. The number of amides is 1. The van der Waals surface area contributed by atoms with Crippen LogP contribution in [0.5, 0.6) is 0 Å². The van der Waals surface area contributed by atoms with Crippen LogP contribution in [0, 0.1) is 6.92 Å². The number of ether oxygens (including phenoxy) is 1. The number of nitrogens with one attached hydrogen (secondary N) is 1. The average molecular weight is 406 g/mol. The number of aromatic nitrogens is 1. The molecule has 1 heterocycles. The second-order valence-electron chi connectivity index (χ2n) is 6.79. The fraction of sp³-hybridized carbons (Fsp3) is 0.217. The van der Waals surface area contributed by atoms with E-state index in [1.165, 1.54) is 6.92 Å². The van der Waals surface area contributed by atoms with Gasteiger partial charge in [-0.05, 0) is 38.0 Å². The number of carbonyl (C=O) groups excluding carboxylic acids is 3. The summed E-state index contributed by atoms with van der Waals surface area (Å²) in [4.78, 5) is 40.6. The Hall–Kier alpha value is -3.74. The van der Waals surface area contributed by atoms with Crippen LogP contribution in [0.25, 0.3) is 11.5 Å². The Bertz CT molecular complexity index is 1030. The third-order valence-corrected chi connectivity index (χ3v) is 4.45. The van der Waals surface area contributed by atoms with Crippen molar-refractivity contribution in [2.75, 3.05) is 6.61 Å². The van der Waals surface area contributed by atoms with Gasteiger partial charge >= 0.3 is 5.97 Å². The highest BCUT2D eigenvalue weighted by molar-refractivity contribution is 5.92. The third kappa shape index (κ3) is 5.41. The highest BCUT2D eigenvalue weighted by atomic mass is 16.5. The van der Waals surface area contributed by atoms with Gasteiger partial charge in [-0.25, -0.2) is 9.78 Å². The monoisotopic (exact) mass is 406 g/mol. The van der Waals surface area contributed by atoms with Crippen LogP contribution in [0.4, 0.5) is 0 Å². The van der Waals surface area contributed by atoms with Gasteiger partial charge < -0.3 is 14.5 Å². The van der Waals surface area contributed by atoms with Gasteiger partial charge in [0.1, 0.15) is 5.76 Å². The molecule has 1 aromatic heterocycles. The molecule has 0 saturated heterocycles. The number of hydrogen-bond donors (Lipinski definition) is 1. The van der Waals surface area contributed by atoms with Crippen molar-refractivity contribution in [3.8, 4) is 11.5 Å². The maximum Gasteiger partial charge on any atom is 0.361 e. The molecule has 0 unspecified atom stereocenters. The SMILES string of the molecule is CC(=O)[C@@H](Cc1ccccc1)NC(=O)COC(=O)c1nc(-c2ccccc2)oc1C. The summed E-state index contributed by atoms with van der Waals surface area (Å²) >= 11 is 0. The quantitative estimate of drug-likeness (QED) is 0.577. The number of aryl methyl sites for hydroxylation is 1. The molecule has 7 nitrogen and oxygen atoms in total. The lowest BCUT2D eigenvalue weighted by molar-refractivity contribution is -0.128. The molecule has 154 valence electrons. The number of benzene rings is 2. The van der Waals surface area contributed by atoms with Crippen molar-refractivity contribution in [1.29, 1.82) is 0 Å². The topological polar surface area (TPSA) is 98.5 Å².